The summed E-state index contributed by atoms with van der Waals surface area (Å²) < 4.78 is 10.6. The van der Waals surface area contributed by atoms with E-state index in [-0.39, 0.29) is 6.61 Å². The molecule has 0 aliphatic rings. The summed E-state index contributed by atoms with van der Waals surface area (Å²) in [6.45, 7) is 5.23. The van der Waals surface area contributed by atoms with E-state index in [0.29, 0.717) is 19.8 Å². The molecule has 16 heavy (non-hydrogen) atoms. The summed E-state index contributed by atoms with van der Waals surface area (Å²) in [5.41, 5.74) is 2.01. The van der Waals surface area contributed by atoms with Crippen LogP contribution in [0.4, 0.5) is 0 Å². The number of hydrogen-bond donors (Lipinski definition) is 1. The first-order valence-electron chi connectivity index (χ1n) is 5.23. The van der Waals surface area contributed by atoms with Gasteiger partial charge in [0.05, 0.1) is 19.8 Å². The third-order valence-electron chi connectivity index (χ3n) is 2.14. The highest BCUT2D eigenvalue weighted by Crippen LogP contribution is 2.25. The Hall–Kier alpha value is -0.770. The van der Waals surface area contributed by atoms with Crippen LogP contribution in [0.25, 0.3) is 0 Å². The molecule has 0 heterocycles. The molecule has 0 fully saturated rings. The standard InChI is InChI=1S/C12H17ClO3/c1-9-7-11(8-10(2)12(9)13)16-6-5-15-4-3-14/h7-8,14H,3-6H2,1-2H3. The largest absolute Gasteiger partial charge is 0.491 e. The van der Waals surface area contributed by atoms with Crippen LogP contribution >= 0.6 is 11.6 Å². The normalized spacial score (nSPS) is 10.5. The van der Waals surface area contributed by atoms with Crippen LogP contribution in [0.1, 0.15) is 11.1 Å². The van der Waals surface area contributed by atoms with Crippen LogP contribution in [0.15, 0.2) is 12.1 Å². The van der Waals surface area contributed by atoms with E-state index in [0.717, 1.165) is 21.9 Å². The zero-order valence-corrected chi connectivity index (χ0v) is 10.4. The lowest BCUT2D eigenvalue weighted by molar-refractivity contribution is 0.0705. The predicted octanol–water partition coefficient (Wildman–Crippen LogP) is 2.34. The Kier molecular flexibility index (Phi) is 5.60. The lowest BCUT2D eigenvalue weighted by Gasteiger charge is -2.10. The third-order valence-corrected chi connectivity index (χ3v) is 2.74. The van der Waals surface area contributed by atoms with Crippen molar-refractivity contribution in [3.63, 3.8) is 0 Å². The molecular formula is C12H17ClO3. The van der Waals surface area contributed by atoms with Gasteiger partial charge in [0.25, 0.3) is 0 Å². The molecule has 0 radical (unpaired) electrons. The van der Waals surface area contributed by atoms with Crippen molar-refractivity contribution >= 4 is 11.6 Å². The summed E-state index contributed by atoms with van der Waals surface area (Å²) in [5.74, 6) is 0.798. The molecule has 0 amide bonds. The monoisotopic (exact) mass is 244 g/mol. The molecule has 1 rings (SSSR count). The first-order chi connectivity index (χ1) is 7.65. The Morgan fingerprint density at radius 1 is 1.12 bits per heavy atom. The van der Waals surface area contributed by atoms with E-state index in [1.54, 1.807) is 0 Å². The van der Waals surface area contributed by atoms with Crippen LogP contribution < -0.4 is 4.74 Å². The Bertz CT molecular complexity index is 316. The van der Waals surface area contributed by atoms with Gasteiger partial charge in [-0.05, 0) is 37.1 Å². The second kappa shape index (κ2) is 6.74. The number of rotatable bonds is 6. The number of benzene rings is 1. The summed E-state index contributed by atoms with van der Waals surface area (Å²) in [6.07, 6.45) is 0. The molecule has 1 aromatic carbocycles. The first-order valence-corrected chi connectivity index (χ1v) is 5.61. The average Bonchev–Trinajstić information content (AvgIpc) is 2.25. The Balaban J connectivity index is 2.43. The smallest absolute Gasteiger partial charge is 0.120 e. The summed E-state index contributed by atoms with van der Waals surface area (Å²) in [6, 6.07) is 3.81. The van der Waals surface area contributed by atoms with Crippen molar-refractivity contribution < 1.29 is 14.6 Å². The second-order valence-electron chi connectivity index (χ2n) is 3.56. The molecule has 0 saturated heterocycles. The summed E-state index contributed by atoms with van der Waals surface area (Å²) >= 11 is 6.04. The van der Waals surface area contributed by atoms with Gasteiger partial charge in [-0.2, -0.15) is 0 Å². The maximum absolute atomic E-state index is 8.51. The lowest BCUT2D eigenvalue weighted by Crippen LogP contribution is -2.09. The fraction of sp³-hybridized carbons (Fsp3) is 0.500. The fourth-order valence-electron chi connectivity index (χ4n) is 1.37. The molecule has 90 valence electrons. The zero-order valence-electron chi connectivity index (χ0n) is 9.62. The van der Waals surface area contributed by atoms with Crippen LogP contribution in [0.3, 0.4) is 0 Å². The number of hydrogen-bond acceptors (Lipinski definition) is 3. The van der Waals surface area contributed by atoms with Gasteiger partial charge in [0.15, 0.2) is 0 Å². The van der Waals surface area contributed by atoms with E-state index in [2.05, 4.69) is 0 Å². The van der Waals surface area contributed by atoms with Crippen LogP contribution in [-0.2, 0) is 4.74 Å². The van der Waals surface area contributed by atoms with Crippen molar-refractivity contribution in [2.45, 2.75) is 13.8 Å². The van der Waals surface area contributed by atoms with Crippen LogP contribution in [-0.4, -0.2) is 31.5 Å². The van der Waals surface area contributed by atoms with Gasteiger partial charge in [-0.3, -0.25) is 0 Å². The maximum Gasteiger partial charge on any atom is 0.120 e. The van der Waals surface area contributed by atoms with Gasteiger partial charge in [0.2, 0.25) is 0 Å². The van der Waals surface area contributed by atoms with Crippen molar-refractivity contribution in [3.8, 4) is 5.75 Å². The SMILES string of the molecule is Cc1cc(OCCOCCO)cc(C)c1Cl. The highest BCUT2D eigenvalue weighted by molar-refractivity contribution is 6.32. The number of aryl methyl sites for hydroxylation is 2. The molecule has 0 aliphatic heterocycles. The quantitative estimate of drug-likeness (QED) is 0.781. The summed E-state index contributed by atoms with van der Waals surface area (Å²) in [5, 5.41) is 9.29. The van der Waals surface area contributed by atoms with Gasteiger partial charge in [0.1, 0.15) is 12.4 Å². The third kappa shape index (κ3) is 4.00. The average molecular weight is 245 g/mol. The van der Waals surface area contributed by atoms with E-state index in [1.807, 2.05) is 26.0 Å². The minimum absolute atomic E-state index is 0.0408. The molecule has 4 heteroatoms. The van der Waals surface area contributed by atoms with Crippen molar-refractivity contribution in [1.29, 1.82) is 0 Å². The van der Waals surface area contributed by atoms with Gasteiger partial charge >= 0.3 is 0 Å². The molecule has 0 atom stereocenters. The molecule has 0 aromatic heterocycles. The van der Waals surface area contributed by atoms with E-state index >= 15 is 0 Å². The van der Waals surface area contributed by atoms with Crippen LogP contribution in [0.5, 0.6) is 5.75 Å². The highest BCUT2D eigenvalue weighted by Gasteiger charge is 2.03. The number of aliphatic hydroxyl groups excluding tert-OH is 1. The topological polar surface area (TPSA) is 38.7 Å². The molecular weight excluding hydrogens is 228 g/mol. The molecule has 1 aromatic rings. The summed E-state index contributed by atoms with van der Waals surface area (Å²) in [4.78, 5) is 0. The zero-order chi connectivity index (χ0) is 12.0. The van der Waals surface area contributed by atoms with E-state index in [9.17, 15) is 0 Å². The van der Waals surface area contributed by atoms with Crippen molar-refractivity contribution in [1.82, 2.24) is 0 Å². The maximum atomic E-state index is 8.51. The Morgan fingerprint density at radius 3 is 2.31 bits per heavy atom. The Morgan fingerprint density at radius 2 is 1.75 bits per heavy atom. The van der Waals surface area contributed by atoms with Crippen molar-refractivity contribution in [2.24, 2.45) is 0 Å². The van der Waals surface area contributed by atoms with E-state index < -0.39 is 0 Å². The molecule has 0 bridgehead atoms. The molecule has 0 spiro atoms. The number of aliphatic hydroxyl groups is 1. The van der Waals surface area contributed by atoms with Gasteiger partial charge in [0, 0.05) is 5.02 Å². The molecule has 0 saturated carbocycles. The van der Waals surface area contributed by atoms with Gasteiger partial charge in [-0.25, -0.2) is 0 Å². The van der Waals surface area contributed by atoms with E-state index in [4.69, 9.17) is 26.2 Å². The van der Waals surface area contributed by atoms with Crippen molar-refractivity contribution in [3.05, 3.63) is 28.3 Å². The minimum Gasteiger partial charge on any atom is -0.491 e. The molecule has 1 N–H and O–H groups in total. The number of halogens is 1. The van der Waals surface area contributed by atoms with Gasteiger partial charge in [-0.15, -0.1) is 0 Å². The van der Waals surface area contributed by atoms with Crippen LogP contribution in [0, 0.1) is 13.8 Å². The number of ether oxygens (including phenoxy) is 2. The first kappa shape index (κ1) is 13.3. The molecule has 0 unspecified atom stereocenters. The second-order valence-corrected chi connectivity index (χ2v) is 3.93. The highest BCUT2D eigenvalue weighted by atomic mass is 35.5. The lowest BCUT2D eigenvalue weighted by atomic mass is 10.1. The molecule has 0 aliphatic carbocycles. The minimum atomic E-state index is 0.0408. The molecule has 3 nitrogen and oxygen atoms in total. The Labute approximate surface area is 101 Å². The van der Waals surface area contributed by atoms with Gasteiger partial charge in [-0.1, -0.05) is 11.6 Å². The van der Waals surface area contributed by atoms with Gasteiger partial charge < -0.3 is 14.6 Å². The van der Waals surface area contributed by atoms with E-state index in [1.165, 1.54) is 0 Å². The van der Waals surface area contributed by atoms with Crippen molar-refractivity contribution in [2.75, 3.05) is 26.4 Å². The summed E-state index contributed by atoms with van der Waals surface area (Å²) in [7, 11) is 0. The van der Waals surface area contributed by atoms with Crippen LogP contribution in [0.2, 0.25) is 5.02 Å². The fourth-order valence-corrected chi connectivity index (χ4v) is 1.48. The predicted molar refractivity (Wildman–Crippen MR) is 64.3 cm³/mol.